The summed E-state index contributed by atoms with van der Waals surface area (Å²) in [6, 6.07) is 12.4. The molecule has 0 bridgehead atoms. The number of carbonyl (C=O) groups is 2. The van der Waals surface area contributed by atoms with Crippen LogP contribution in [-0.4, -0.2) is 36.2 Å². The van der Waals surface area contributed by atoms with Gasteiger partial charge < -0.3 is 19.5 Å². The molecular formula is C23H18N2O5S. The van der Waals surface area contributed by atoms with Crippen molar-refractivity contribution in [2.45, 2.75) is 0 Å². The van der Waals surface area contributed by atoms with Gasteiger partial charge in [-0.05, 0) is 42.5 Å². The maximum atomic E-state index is 12.6. The number of hydrogen-bond acceptors (Lipinski definition) is 8. The Morgan fingerprint density at radius 1 is 1.03 bits per heavy atom. The van der Waals surface area contributed by atoms with E-state index in [0.717, 1.165) is 20.8 Å². The molecule has 8 heteroatoms. The molecular weight excluding hydrogens is 416 g/mol. The molecule has 2 heterocycles. The Morgan fingerprint density at radius 2 is 1.84 bits per heavy atom. The topological polar surface area (TPSA) is 89.0 Å². The third kappa shape index (κ3) is 3.93. The molecule has 0 unspecified atom stereocenters. The lowest BCUT2D eigenvalue weighted by Crippen LogP contribution is -2.26. The van der Waals surface area contributed by atoms with Gasteiger partial charge in [-0.1, -0.05) is 18.2 Å². The van der Waals surface area contributed by atoms with Crippen LogP contribution in [0.4, 0.5) is 5.69 Å². The minimum atomic E-state index is -0.665. The van der Waals surface area contributed by atoms with Crippen LogP contribution in [0.5, 0.6) is 5.75 Å². The Kier molecular flexibility index (Phi) is 5.55. The van der Waals surface area contributed by atoms with Crippen molar-refractivity contribution in [1.82, 2.24) is 4.98 Å². The third-order valence-electron chi connectivity index (χ3n) is 4.63. The average molecular weight is 434 g/mol. The van der Waals surface area contributed by atoms with E-state index in [1.54, 1.807) is 41.5 Å². The predicted octanol–water partition coefficient (Wildman–Crippen LogP) is 4.16. The first kappa shape index (κ1) is 20.4. The van der Waals surface area contributed by atoms with Crippen LogP contribution in [0.2, 0.25) is 0 Å². The second-order valence-corrected chi connectivity index (χ2v) is 7.57. The molecule has 0 aliphatic carbocycles. The highest BCUT2D eigenvalue weighted by molar-refractivity contribution is 7.21. The highest BCUT2D eigenvalue weighted by atomic mass is 32.1. The number of rotatable bonds is 4. The fourth-order valence-electron chi connectivity index (χ4n) is 3.19. The molecule has 0 saturated carbocycles. The molecule has 1 aromatic heterocycles. The number of phenols is 1. The Balaban J connectivity index is 1.82. The third-order valence-corrected chi connectivity index (χ3v) is 5.70. The summed E-state index contributed by atoms with van der Waals surface area (Å²) in [5.41, 5.74) is 2.38. The van der Waals surface area contributed by atoms with Gasteiger partial charge >= 0.3 is 11.9 Å². The van der Waals surface area contributed by atoms with E-state index in [2.05, 4.69) is 4.98 Å². The fourth-order valence-corrected chi connectivity index (χ4v) is 4.19. The van der Waals surface area contributed by atoms with Crippen LogP contribution in [0.25, 0.3) is 20.8 Å². The Labute approximate surface area is 182 Å². The molecule has 4 rings (SSSR count). The number of anilines is 1. The van der Waals surface area contributed by atoms with Gasteiger partial charge in [0.1, 0.15) is 16.5 Å². The number of carbonyl (C=O) groups excluding carboxylic acids is 2. The summed E-state index contributed by atoms with van der Waals surface area (Å²) in [7, 11) is 2.52. The summed E-state index contributed by atoms with van der Waals surface area (Å²) in [5.74, 6) is -1.14. The summed E-state index contributed by atoms with van der Waals surface area (Å²) in [5, 5.41) is 10.5. The van der Waals surface area contributed by atoms with E-state index in [9.17, 15) is 14.7 Å². The number of allylic oxidation sites excluding steroid dienone is 2. The number of aromatic nitrogens is 1. The first-order valence-electron chi connectivity index (χ1n) is 9.27. The fraction of sp³-hybridized carbons (Fsp3) is 0.0870. The number of fused-ring (bicyclic) bond motifs is 1. The summed E-state index contributed by atoms with van der Waals surface area (Å²) in [6.45, 7) is 0. The number of benzene rings is 2. The number of ether oxygens (including phenoxy) is 2. The van der Waals surface area contributed by atoms with Gasteiger partial charge in [0.15, 0.2) is 0 Å². The summed E-state index contributed by atoms with van der Waals surface area (Å²) in [4.78, 5) is 31.1. The van der Waals surface area contributed by atoms with Crippen molar-refractivity contribution in [3.8, 4) is 16.3 Å². The molecule has 7 nitrogen and oxygen atoms in total. The van der Waals surface area contributed by atoms with Crippen LogP contribution in [0.1, 0.15) is 0 Å². The summed E-state index contributed by atoms with van der Waals surface area (Å²) < 4.78 is 10.7. The molecule has 3 aromatic rings. The van der Waals surface area contributed by atoms with Crippen molar-refractivity contribution in [2.24, 2.45) is 0 Å². The first-order chi connectivity index (χ1) is 15.0. The van der Waals surface area contributed by atoms with Crippen molar-refractivity contribution in [3.63, 3.8) is 0 Å². The molecule has 1 N–H and O–H groups in total. The zero-order chi connectivity index (χ0) is 22.0. The molecule has 0 atom stereocenters. The van der Waals surface area contributed by atoms with E-state index in [1.165, 1.54) is 31.6 Å². The minimum absolute atomic E-state index is 0.0522. The number of phenolic OH excluding ortho intramolecular Hbond substituents is 1. The Morgan fingerprint density at radius 3 is 2.58 bits per heavy atom. The number of aromatic hydroxyl groups is 1. The highest BCUT2D eigenvalue weighted by Crippen LogP contribution is 2.35. The van der Waals surface area contributed by atoms with Crippen LogP contribution in [-0.2, 0) is 19.1 Å². The van der Waals surface area contributed by atoms with E-state index >= 15 is 0 Å². The monoisotopic (exact) mass is 434 g/mol. The molecule has 31 heavy (non-hydrogen) atoms. The van der Waals surface area contributed by atoms with Gasteiger partial charge in [0, 0.05) is 17.5 Å². The number of nitrogens with zero attached hydrogens (tertiary/aromatic N) is 2. The summed E-state index contributed by atoms with van der Waals surface area (Å²) in [6.07, 6.45) is 6.56. The van der Waals surface area contributed by atoms with Crippen LogP contribution in [0, 0.1) is 0 Å². The molecule has 156 valence electrons. The van der Waals surface area contributed by atoms with Gasteiger partial charge in [0.2, 0.25) is 0 Å². The number of hydrogen-bond donors (Lipinski definition) is 1. The zero-order valence-corrected chi connectivity index (χ0v) is 17.6. The smallest absolute Gasteiger partial charge is 0.355 e. The minimum Gasteiger partial charge on any atom is -0.508 e. The number of methoxy groups -OCH3 is 2. The predicted molar refractivity (Wildman–Crippen MR) is 119 cm³/mol. The molecule has 0 amide bonds. The van der Waals surface area contributed by atoms with E-state index in [4.69, 9.17) is 9.47 Å². The second-order valence-electron chi connectivity index (χ2n) is 6.54. The van der Waals surface area contributed by atoms with Crippen LogP contribution in [0.15, 0.2) is 78.2 Å². The SMILES string of the molecule is COC(=O)C1=C(C(=O)OC)N(c2ccc3nc(-c4cccc(O)c4)sc3c2)C=CC=C1. The van der Waals surface area contributed by atoms with Crippen molar-refractivity contribution in [2.75, 3.05) is 19.1 Å². The van der Waals surface area contributed by atoms with E-state index in [-0.39, 0.29) is 17.0 Å². The molecule has 0 spiro atoms. The standard InChI is InChI=1S/C23H18N2O5S/c1-29-22(27)17-8-3-4-11-25(20(17)23(28)30-2)15-9-10-18-19(13-15)31-21(24-18)14-6-5-7-16(26)12-14/h3-13,26H,1-2H3. The van der Waals surface area contributed by atoms with Gasteiger partial charge in [-0.25, -0.2) is 14.6 Å². The molecule has 2 aromatic carbocycles. The first-order valence-corrected chi connectivity index (χ1v) is 10.1. The molecule has 0 fully saturated rings. The Bertz CT molecular complexity index is 1270. The number of thiazole rings is 1. The van der Waals surface area contributed by atoms with Crippen molar-refractivity contribution >= 4 is 39.2 Å². The molecule has 1 aliphatic heterocycles. The van der Waals surface area contributed by atoms with Gasteiger partial charge in [-0.2, -0.15) is 0 Å². The lowest BCUT2D eigenvalue weighted by Gasteiger charge is -2.23. The van der Waals surface area contributed by atoms with Crippen molar-refractivity contribution in [1.29, 1.82) is 0 Å². The van der Waals surface area contributed by atoms with Crippen molar-refractivity contribution in [3.05, 3.63) is 78.2 Å². The van der Waals surface area contributed by atoms with Crippen LogP contribution < -0.4 is 4.90 Å². The largest absolute Gasteiger partial charge is 0.508 e. The normalized spacial score (nSPS) is 13.4. The quantitative estimate of drug-likeness (QED) is 0.617. The summed E-state index contributed by atoms with van der Waals surface area (Å²) >= 11 is 1.46. The van der Waals surface area contributed by atoms with Crippen LogP contribution in [0.3, 0.4) is 0 Å². The lowest BCUT2D eigenvalue weighted by atomic mass is 10.1. The molecule has 0 radical (unpaired) electrons. The van der Waals surface area contributed by atoms with E-state index in [1.807, 2.05) is 24.3 Å². The maximum Gasteiger partial charge on any atom is 0.355 e. The van der Waals surface area contributed by atoms with E-state index < -0.39 is 11.9 Å². The Hall–Kier alpha value is -3.91. The van der Waals surface area contributed by atoms with Gasteiger partial charge in [-0.15, -0.1) is 11.3 Å². The van der Waals surface area contributed by atoms with Gasteiger partial charge in [0.05, 0.1) is 30.0 Å². The molecule has 0 saturated heterocycles. The average Bonchev–Trinajstić information content (AvgIpc) is 3.09. The lowest BCUT2D eigenvalue weighted by molar-refractivity contribution is -0.139. The second kappa shape index (κ2) is 8.45. The van der Waals surface area contributed by atoms with Crippen molar-refractivity contribution < 1.29 is 24.2 Å². The number of esters is 2. The van der Waals surface area contributed by atoms with Gasteiger partial charge in [-0.3, -0.25) is 0 Å². The maximum absolute atomic E-state index is 12.6. The zero-order valence-electron chi connectivity index (χ0n) is 16.7. The van der Waals surface area contributed by atoms with Crippen LogP contribution >= 0.6 is 11.3 Å². The van der Waals surface area contributed by atoms with Gasteiger partial charge in [0.25, 0.3) is 0 Å². The highest BCUT2D eigenvalue weighted by Gasteiger charge is 2.27. The molecule has 1 aliphatic rings. The van der Waals surface area contributed by atoms with E-state index in [0.29, 0.717) is 5.69 Å².